The van der Waals surface area contributed by atoms with E-state index in [1.54, 1.807) is 12.1 Å². The minimum atomic E-state index is -1.05. The molecule has 0 aliphatic heterocycles. The number of carboxylic acids is 1. The average molecular weight is 267 g/mol. The van der Waals surface area contributed by atoms with Crippen LogP contribution in [0.4, 0.5) is 0 Å². The van der Waals surface area contributed by atoms with E-state index in [-0.39, 0.29) is 5.69 Å². The summed E-state index contributed by atoms with van der Waals surface area (Å²) in [5.74, 6) is -0.443. The van der Waals surface area contributed by atoms with Crippen molar-refractivity contribution in [2.24, 2.45) is 0 Å². The van der Waals surface area contributed by atoms with Gasteiger partial charge in [0.25, 0.3) is 0 Å². The third-order valence-electron chi connectivity index (χ3n) is 2.32. The van der Waals surface area contributed by atoms with E-state index in [0.717, 1.165) is 0 Å². The number of ether oxygens (including phenoxy) is 1. The van der Waals surface area contributed by atoms with E-state index in [9.17, 15) is 4.79 Å². The normalized spacial score (nSPS) is 10.3. The number of aromatic carboxylic acids is 1. The number of aromatic nitrogens is 2. The summed E-state index contributed by atoms with van der Waals surface area (Å²) in [4.78, 5) is 10.6. The smallest absolute Gasteiger partial charge is 0.356 e. The number of nitrogens with zero attached hydrogens (tertiary/aromatic N) is 1. The van der Waals surface area contributed by atoms with Crippen molar-refractivity contribution in [3.05, 3.63) is 46.7 Å². The van der Waals surface area contributed by atoms with E-state index in [0.29, 0.717) is 29.5 Å². The number of nitrogens with one attached hydrogen (secondary N) is 1. The minimum absolute atomic E-state index is 0.00254. The molecule has 94 valence electrons. The van der Waals surface area contributed by atoms with Crippen molar-refractivity contribution in [1.82, 2.24) is 10.2 Å². The van der Waals surface area contributed by atoms with Crippen LogP contribution in [0.1, 0.15) is 16.2 Å². The Morgan fingerprint density at radius 1 is 1.44 bits per heavy atom. The maximum atomic E-state index is 10.6. The monoisotopic (exact) mass is 266 g/mol. The molecular weight excluding hydrogens is 256 g/mol. The molecule has 0 saturated heterocycles. The van der Waals surface area contributed by atoms with Crippen molar-refractivity contribution in [2.45, 2.75) is 6.42 Å². The summed E-state index contributed by atoms with van der Waals surface area (Å²) in [5, 5.41) is 15.6. The van der Waals surface area contributed by atoms with Crippen LogP contribution < -0.4 is 4.74 Å². The van der Waals surface area contributed by atoms with Gasteiger partial charge in [0, 0.05) is 12.1 Å². The van der Waals surface area contributed by atoms with Gasteiger partial charge < -0.3 is 9.84 Å². The van der Waals surface area contributed by atoms with Crippen molar-refractivity contribution < 1.29 is 14.6 Å². The van der Waals surface area contributed by atoms with Crippen LogP contribution in [0, 0.1) is 0 Å². The van der Waals surface area contributed by atoms with Crippen molar-refractivity contribution in [3.63, 3.8) is 0 Å². The number of carboxylic acid groups (broad SMARTS) is 1. The zero-order chi connectivity index (χ0) is 13.0. The van der Waals surface area contributed by atoms with E-state index in [4.69, 9.17) is 21.4 Å². The summed E-state index contributed by atoms with van der Waals surface area (Å²) in [6, 6.07) is 8.66. The number of H-pyrrole nitrogens is 1. The van der Waals surface area contributed by atoms with Gasteiger partial charge in [-0.1, -0.05) is 23.7 Å². The summed E-state index contributed by atoms with van der Waals surface area (Å²) in [7, 11) is 0. The fourth-order valence-electron chi connectivity index (χ4n) is 1.43. The van der Waals surface area contributed by atoms with Crippen LogP contribution in [0.3, 0.4) is 0 Å². The molecule has 0 spiro atoms. The van der Waals surface area contributed by atoms with Crippen LogP contribution in [0.2, 0.25) is 5.02 Å². The largest absolute Gasteiger partial charge is 0.492 e. The number of halogens is 1. The molecule has 2 N–H and O–H groups in total. The lowest BCUT2D eigenvalue weighted by molar-refractivity contribution is 0.0690. The lowest BCUT2D eigenvalue weighted by Gasteiger charge is -2.06. The molecule has 2 aromatic rings. The van der Waals surface area contributed by atoms with Gasteiger partial charge in [-0.25, -0.2) is 4.79 Å². The Bertz CT molecular complexity index is 554. The molecule has 6 heteroatoms. The van der Waals surface area contributed by atoms with Crippen LogP contribution in [0.25, 0.3) is 0 Å². The van der Waals surface area contributed by atoms with Crippen LogP contribution in [0.5, 0.6) is 5.75 Å². The van der Waals surface area contributed by atoms with Crippen LogP contribution >= 0.6 is 11.6 Å². The predicted molar refractivity (Wildman–Crippen MR) is 66.2 cm³/mol. The second-order valence-electron chi connectivity index (χ2n) is 3.61. The van der Waals surface area contributed by atoms with Crippen molar-refractivity contribution in [1.29, 1.82) is 0 Å². The SMILES string of the molecule is O=C(O)c1cc(CCOc2ccccc2Cl)[nH]n1. The Labute approximate surface area is 108 Å². The summed E-state index contributed by atoms with van der Waals surface area (Å²) in [6.45, 7) is 0.394. The summed E-state index contributed by atoms with van der Waals surface area (Å²) < 4.78 is 5.48. The molecule has 0 saturated carbocycles. The molecular formula is C12H11ClN2O3. The molecule has 0 aliphatic carbocycles. The maximum absolute atomic E-state index is 10.6. The molecule has 0 bridgehead atoms. The quantitative estimate of drug-likeness (QED) is 0.871. The molecule has 0 atom stereocenters. The molecule has 0 fully saturated rings. The molecule has 1 aromatic heterocycles. The second-order valence-corrected chi connectivity index (χ2v) is 4.02. The zero-order valence-electron chi connectivity index (χ0n) is 9.39. The number of para-hydroxylation sites is 1. The van der Waals surface area contributed by atoms with E-state index in [1.165, 1.54) is 6.07 Å². The Balaban J connectivity index is 1.88. The average Bonchev–Trinajstić information content (AvgIpc) is 2.80. The highest BCUT2D eigenvalue weighted by Gasteiger charge is 2.08. The first-order chi connectivity index (χ1) is 8.66. The maximum Gasteiger partial charge on any atom is 0.356 e. The topological polar surface area (TPSA) is 75.2 Å². The standard InChI is InChI=1S/C12H11ClN2O3/c13-9-3-1-2-4-11(9)18-6-5-8-7-10(12(16)17)15-14-8/h1-4,7H,5-6H2,(H,14,15)(H,16,17). The molecule has 2 rings (SSSR count). The molecule has 0 aliphatic rings. The predicted octanol–water partition coefficient (Wildman–Crippen LogP) is 2.38. The molecule has 1 heterocycles. The van der Waals surface area contributed by atoms with E-state index >= 15 is 0 Å². The first kappa shape index (κ1) is 12.4. The number of hydrogen-bond donors (Lipinski definition) is 2. The molecule has 0 amide bonds. The molecule has 18 heavy (non-hydrogen) atoms. The first-order valence-corrected chi connectivity index (χ1v) is 5.69. The third kappa shape index (κ3) is 3.01. The van der Waals surface area contributed by atoms with Gasteiger partial charge >= 0.3 is 5.97 Å². The van der Waals surface area contributed by atoms with Crippen molar-refractivity contribution in [3.8, 4) is 5.75 Å². The van der Waals surface area contributed by atoms with Crippen molar-refractivity contribution >= 4 is 17.6 Å². The van der Waals surface area contributed by atoms with Crippen LogP contribution in [0.15, 0.2) is 30.3 Å². The first-order valence-electron chi connectivity index (χ1n) is 5.31. The van der Waals surface area contributed by atoms with Gasteiger partial charge in [0.2, 0.25) is 0 Å². The van der Waals surface area contributed by atoms with Gasteiger partial charge in [-0.3, -0.25) is 5.10 Å². The van der Waals surface area contributed by atoms with Crippen molar-refractivity contribution in [2.75, 3.05) is 6.61 Å². The Kier molecular flexibility index (Phi) is 3.84. The third-order valence-corrected chi connectivity index (χ3v) is 2.63. The number of carbonyl (C=O) groups is 1. The fourth-order valence-corrected chi connectivity index (χ4v) is 1.62. The van der Waals surface area contributed by atoms with E-state index in [1.807, 2.05) is 12.1 Å². The Morgan fingerprint density at radius 2 is 2.22 bits per heavy atom. The van der Waals surface area contributed by atoms with E-state index < -0.39 is 5.97 Å². The van der Waals surface area contributed by atoms with Gasteiger partial charge in [0.15, 0.2) is 5.69 Å². The summed E-state index contributed by atoms with van der Waals surface area (Å²) in [6.07, 6.45) is 0.533. The summed E-state index contributed by atoms with van der Waals surface area (Å²) in [5.41, 5.74) is 0.710. The Hall–Kier alpha value is -2.01. The van der Waals surface area contributed by atoms with E-state index in [2.05, 4.69) is 10.2 Å². The molecule has 0 radical (unpaired) electrons. The highest BCUT2D eigenvalue weighted by atomic mass is 35.5. The van der Waals surface area contributed by atoms with Gasteiger partial charge in [0.05, 0.1) is 11.6 Å². The van der Waals surface area contributed by atoms with Gasteiger partial charge in [-0.2, -0.15) is 5.10 Å². The van der Waals surface area contributed by atoms with Gasteiger partial charge in [-0.15, -0.1) is 0 Å². The fraction of sp³-hybridized carbons (Fsp3) is 0.167. The van der Waals surface area contributed by atoms with Crippen LogP contribution in [-0.2, 0) is 6.42 Å². The lowest BCUT2D eigenvalue weighted by Crippen LogP contribution is -2.02. The van der Waals surface area contributed by atoms with Gasteiger partial charge in [0.1, 0.15) is 5.75 Å². The lowest BCUT2D eigenvalue weighted by atomic mass is 10.3. The highest BCUT2D eigenvalue weighted by molar-refractivity contribution is 6.32. The highest BCUT2D eigenvalue weighted by Crippen LogP contribution is 2.23. The zero-order valence-corrected chi connectivity index (χ0v) is 10.1. The number of benzene rings is 1. The number of aromatic amines is 1. The van der Waals surface area contributed by atoms with Gasteiger partial charge in [-0.05, 0) is 18.2 Å². The second kappa shape index (κ2) is 5.55. The number of rotatable bonds is 5. The Morgan fingerprint density at radius 3 is 2.89 bits per heavy atom. The summed E-state index contributed by atoms with van der Waals surface area (Å²) >= 11 is 5.93. The minimum Gasteiger partial charge on any atom is -0.492 e. The molecule has 1 aromatic carbocycles. The van der Waals surface area contributed by atoms with Crippen LogP contribution in [-0.4, -0.2) is 27.9 Å². The molecule has 5 nitrogen and oxygen atoms in total. The number of hydrogen-bond acceptors (Lipinski definition) is 3. The molecule has 0 unspecified atom stereocenters.